The molecule has 0 saturated heterocycles. The van der Waals surface area contributed by atoms with E-state index in [1.54, 1.807) is 6.07 Å². The maximum absolute atomic E-state index is 12.7. The lowest BCUT2D eigenvalue weighted by atomic mass is 10.0. The second-order valence-electron chi connectivity index (χ2n) is 4.56. The minimum atomic E-state index is -4.61. The van der Waals surface area contributed by atoms with Crippen molar-refractivity contribution >= 4 is 11.9 Å². The molecule has 1 aliphatic heterocycles. The SMILES string of the molecule is CC(C(=O)O)N1C(=O)c2ccc(C(F)(F)F)cc2C1C#N. The average Bonchev–Trinajstić information content (AvgIpc) is 2.69. The van der Waals surface area contributed by atoms with Crippen molar-refractivity contribution in [1.29, 1.82) is 5.26 Å². The molecule has 21 heavy (non-hydrogen) atoms. The monoisotopic (exact) mass is 298 g/mol. The number of alkyl halides is 3. The molecule has 8 heteroatoms. The van der Waals surface area contributed by atoms with Crippen LogP contribution < -0.4 is 0 Å². The lowest BCUT2D eigenvalue weighted by Gasteiger charge is -2.24. The highest BCUT2D eigenvalue weighted by Crippen LogP contribution is 2.38. The molecule has 1 N–H and O–H groups in total. The highest BCUT2D eigenvalue weighted by atomic mass is 19.4. The van der Waals surface area contributed by atoms with Crippen molar-refractivity contribution in [2.24, 2.45) is 0 Å². The highest BCUT2D eigenvalue weighted by Gasteiger charge is 2.43. The van der Waals surface area contributed by atoms with Gasteiger partial charge < -0.3 is 10.0 Å². The van der Waals surface area contributed by atoms with E-state index in [9.17, 15) is 22.8 Å². The number of carbonyl (C=O) groups is 2. The molecule has 1 heterocycles. The first-order chi connectivity index (χ1) is 9.68. The van der Waals surface area contributed by atoms with Crippen molar-refractivity contribution in [2.75, 3.05) is 0 Å². The summed E-state index contributed by atoms with van der Waals surface area (Å²) in [5.74, 6) is -2.10. The standard InChI is InChI=1S/C13H9F3N2O3/c1-6(12(20)21)18-10(5-17)9-4-7(13(14,15)16)2-3-8(9)11(18)19/h2-4,6,10H,1H3,(H,20,21). The van der Waals surface area contributed by atoms with Gasteiger partial charge in [0.1, 0.15) is 12.1 Å². The van der Waals surface area contributed by atoms with E-state index in [2.05, 4.69) is 0 Å². The van der Waals surface area contributed by atoms with Gasteiger partial charge in [0.15, 0.2) is 0 Å². The van der Waals surface area contributed by atoms with Crippen LogP contribution in [0, 0.1) is 11.3 Å². The topological polar surface area (TPSA) is 81.4 Å². The number of halogens is 3. The van der Waals surface area contributed by atoms with Crippen LogP contribution in [0.15, 0.2) is 18.2 Å². The summed E-state index contributed by atoms with van der Waals surface area (Å²) >= 11 is 0. The van der Waals surface area contributed by atoms with Gasteiger partial charge in [-0.2, -0.15) is 18.4 Å². The van der Waals surface area contributed by atoms with E-state index in [-0.39, 0.29) is 11.1 Å². The number of carboxylic acid groups (broad SMARTS) is 1. The summed E-state index contributed by atoms with van der Waals surface area (Å²) in [7, 11) is 0. The van der Waals surface area contributed by atoms with Crippen molar-refractivity contribution in [1.82, 2.24) is 4.90 Å². The van der Waals surface area contributed by atoms with Gasteiger partial charge in [-0.25, -0.2) is 4.79 Å². The molecule has 0 aromatic heterocycles. The average molecular weight is 298 g/mol. The van der Waals surface area contributed by atoms with Gasteiger partial charge in [0.25, 0.3) is 5.91 Å². The van der Waals surface area contributed by atoms with Gasteiger partial charge in [0, 0.05) is 11.1 Å². The fourth-order valence-corrected chi connectivity index (χ4v) is 2.22. The van der Waals surface area contributed by atoms with E-state index in [0.29, 0.717) is 0 Å². The summed E-state index contributed by atoms with van der Waals surface area (Å²) in [6.45, 7) is 1.20. The number of nitriles is 1. The minimum Gasteiger partial charge on any atom is -0.480 e. The van der Waals surface area contributed by atoms with Gasteiger partial charge in [0.2, 0.25) is 0 Å². The van der Waals surface area contributed by atoms with Crippen molar-refractivity contribution < 1.29 is 27.9 Å². The van der Waals surface area contributed by atoms with Gasteiger partial charge in [-0.05, 0) is 25.1 Å². The third kappa shape index (κ3) is 2.31. The number of carbonyl (C=O) groups excluding carboxylic acids is 1. The predicted molar refractivity (Wildman–Crippen MR) is 63.1 cm³/mol. The Kier molecular flexibility index (Phi) is 3.37. The van der Waals surface area contributed by atoms with Crippen LogP contribution in [-0.4, -0.2) is 27.9 Å². The van der Waals surface area contributed by atoms with E-state index in [4.69, 9.17) is 10.4 Å². The molecule has 0 spiro atoms. The van der Waals surface area contributed by atoms with E-state index < -0.39 is 35.7 Å². The smallest absolute Gasteiger partial charge is 0.416 e. The lowest BCUT2D eigenvalue weighted by Crippen LogP contribution is -2.41. The molecule has 1 aromatic rings. The van der Waals surface area contributed by atoms with Crippen LogP contribution >= 0.6 is 0 Å². The van der Waals surface area contributed by atoms with Crippen LogP contribution in [0.4, 0.5) is 13.2 Å². The number of fused-ring (bicyclic) bond motifs is 1. The van der Waals surface area contributed by atoms with Crippen molar-refractivity contribution in [3.63, 3.8) is 0 Å². The third-order valence-corrected chi connectivity index (χ3v) is 3.31. The second-order valence-corrected chi connectivity index (χ2v) is 4.56. The molecular weight excluding hydrogens is 289 g/mol. The van der Waals surface area contributed by atoms with E-state index in [0.717, 1.165) is 23.1 Å². The molecule has 1 amide bonds. The molecule has 0 radical (unpaired) electrons. The predicted octanol–water partition coefficient (Wildman–Crippen LogP) is 2.20. The van der Waals surface area contributed by atoms with Gasteiger partial charge >= 0.3 is 12.1 Å². The Bertz CT molecular complexity index is 664. The Hall–Kier alpha value is -2.56. The Morgan fingerprint density at radius 2 is 2.10 bits per heavy atom. The first-order valence-corrected chi connectivity index (χ1v) is 5.84. The summed E-state index contributed by atoms with van der Waals surface area (Å²) in [6.07, 6.45) is -4.61. The zero-order chi connectivity index (χ0) is 15.9. The van der Waals surface area contributed by atoms with Crippen LogP contribution in [0.5, 0.6) is 0 Å². The Labute approximate surface area is 117 Å². The Balaban J connectivity index is 2.55. The van der Waals surface area contributed by atoms with Gasteiger partial charge in [-0.15, -0.1) is 0 Å². The third-order valence-electron chi connectivity index (χ3n) is 3.31. The first-order valence-electron chi connectivity index (χ1n) is 5.84. The van der Waals surface area contributed by atoms with Crippen LogP contribution in [0.1, 0.15) is 34.5 Å². The maximum Gasteiger partial charge on any atom is 0.416 e. The van der Waals surface area contributed by atoms with Crippen LogP contribution in [0.3, 0.4) is 0 Å². The Morgan fingerprint density at radius 1 is 1.48 bits per heavy atom. The number of hydrogen-bond donors (Lipinski definition) is 1. The summed E-state index contributed by atoms with van der Waals surface area (Å²) in [6, 6.07) is 1.45. The fourth-order valence-electron chi connectivity index (χ4n) is 2.22. The zero-order valence-corrected chi connectivity index (χ0v) is 10.7. The molecule has 0 saturated carbocycles. The van der Waals surface area contributed by atoms with Crippen molar-refractivity contribution in [3.8, 4) is 6.07 Å². The molecule has 2 rings (SSSR count). The number of amides is 1. The van der Waals surface area contributed by atoms with E-state index >= 15 is 0 Å². The molecule has 0 bridgehead atoms. The van der Waals surface area contributed by atoms with Crippen LogP contribution in [0.25, 0.3) is 0 Å². The summed E-state index contributed by atoms with van der Waals surface area (Å²) < 4.78 is 38.1. The molecule has 0 fully saturated rings. The number of aliphatic carboxylic acids is 1. The maximum atomic E-state index is 12.7. The lowest BCUT2D eigenvalue weighted by molar-refractivity contribution is -0.142. The summed E-state index contributed by atoms with van der Waals surface area (Å²) in [5, 5.41) is 18.1. The quantitative estimate of drug-likeness (QED) is 0.907. The number of carboxylic acids is 1. The second kappa shape index (κ2) is 4.77. The molecule has 2 atom stereocenters. The number of nitrogens with zero attached hydrogens (tertiary/aromatic N) is 2. The number of hydrogen-bond acceptors (Lipinski definition) is 3. The fraction of sp³-hybridized carbons (Fsp3) is 0.308. The normalized spacial score (nSPS) is 19.1. The van der Waals surface area contributed by atoms with Crippen molar-refractivity contribution in [3.05, 3.63) is 34.9 Å². The van der Waals surface area contributed by atoms with Gasteiger partial charge in [-0.1, -0.05) is 0 Å². The molecule has 1 aliphatic rings. The van der Waals surface area contributed by atoms with E-state index in [1.807, 2.05) is 0 Å². The van der Waals surface area contributed by atoms with Gasteiger partial charge in [-0.3, -0.25) is 4.79 Å². The van der Waals surface area contributed by atoms with Crippen molar-refractivity contribution in [2.45, 2.75) is 25.2 Å². The molecule has 5 nitrogen and oxygen atoms in total. The molecular formula is C13H9F3N2O3. The summed E-state index contributed by atoms with van der Waals surface area (Å²) in [5.41, 5.74) is -1.19. The number of benzene rings is 1. The molecule has 1 aromatic carbocycles. The van der Waals surface area contributed by atoms with Gasteiger partial charge in [0.05, 0.1) is 11.6 Å². The van der Waals surface area contributed by atoms with E-state index in [1.165, 1.54) is 6.92 Å². The van der Waals surface area contributed by atoms with Crippen LogP contribution in [0.2, 0.25) is 0 Å². The minimum absolute atomic E-state index is 0.0809. The Morgan fingerprint density at radius 3 is 2.57 bits per heavy atom. The number of rotatable bonds is 2. The molecule has 110 valence electrons. The summed E-state index contributed by atoms with van der Waals surface area (Å²) in [4.78, 5) is 23.9. The molecule has 0 aliphatic carbocycles. The molecule has 2 unspecified atom stereocenters. The van der Waals surface area contributed by atoms with Crippen LogP contribution in [-0.2, 0) is 11.0 Å². The highest BCUT2D eigenvalue weighted by molar-refractivity contribution is 6.01. The first kappa shape index (κ1) is 14.8. The zero-order valence-electron chi connectivity index (χ0n) is 10.7. The largest absolute Gasteiger partial charge is 0.480 e.